The van der Waals surface area contributed by atoms with Gasteiger partial charge in [0.2, 0.25) is 0 Å². The molecule has 0 spiro atoms. The predicted molar refractivity (Wildman–Crippen MR) is 67.9 cm³/mol. The highest BCUT2D eigenvalue weighted by Crippen LogP contribution is 2.20. The van der Waals surface area contributed by atoms with Gasteiger partial charge in [0.05, 0.1) is 6.61 Å². The van der Waals surface area contributed by atoms with E-state index in [0.29, 0.717) is 10.8 Å². The fourth-order valence-electron chi connectivity index (χ4n) is 1.70. The summed E-state index contributed by atoms with van der Waals surface area (Å²) in [7, 11) is 0. The van der Waals surface area contributed by atoms with Gasteiger partial charge in [-0.3, -0.25) is 0 Å². The van der Waals surface area contributed by atoms with Gasteiger partial charge >= 0.3 is 0 Å². The fourth-order valence-corrected chi connectivity index (χ4v) is 1.82. The first-order chi connectivity index (χ1) is 8.11. The molecule has 0 aliphatic carbocycles. The molecule has 3 nitrogen and oxygen atoms in total. The summed E-state index contributed by atoms with van der Waals surface area (Å²) in [6.07, 6.45) is 0. The lowest BCUT2D eigenvalue weighted by Gasteiger charge is -2.08. The number of halogens is 1. The number of aliphatic hydroxyl groups excluding tert-OH is 1. The SMILES string of the molecule is Cc1nc(-c2ccc(Cl)cc2)nc(C)c1CO. The van der Waals surface area contributed by atoms with Gasteiger partial charge in [-0.2, -0.15) is 0 Å². The molecule has 0 aliphatic heterocycles. The number of nitrogens with zero attached hydrogens (tertiary/aromatic N) is 2. The number of aromatic nitrogens is 2. The van der Waals surface area contributed by atoms with E-state index >= 15 is 0 Å². The first-order valence-electron chi connectivity index (χ1n) is 5.32. The van der Waals surface area contributed by atoms with E-state index in [0.717, 1.165) is 22.5 Å². The van der Waals surface area contributed by atoms with Gasteiger partial charge in [0, 0.05) is 27.5 Å². The highest BCUT2D eigenvalue weighted by Gasteiger charge is 2.08. The molecule has 17 heavy (non-hydrogen) atoms. The molecule has 1 heterocycles. The average Bonchev–Trinajstić information content (AvgIpc) is 2.29. The van der Waals surface area contributed by atoms with Crippen LogP contribution in [0, 0.1) is 13.8 Å². The van der Waals surface area contributed by atoms with Crippen LogP contribution in [0.3, 0.4) is 0 Å². The third kappa shape index (κ3) is 2.46. The maximum absolute atomic E-state index is 9.20. The second-order valence-corrected chi connectivity index (χ2v) is 4.30. The van der Waals surface area contributed by atoms with E-state index in [1.54, 1.807) is 0 Å². The lowest BCUT2D eigenvalue weighted by atomic mass is 10.1. The summed E-state index contributed by atoms with van der Waals surface area (Å²) in [4.78, 5) is 8.78. The van der Waals surface area contributed by atoms with Gasteiger partial charge in [0.15, 0.2) is 5.82 Å². The minimum Gasteiger partial charge on any atom is -0.392 e. The van der Waals surface area contributed by atoms with Crippen LogP contribution in [-0.4, -0.2) is 15.1 Å². The van der Waals surface area contributed by atoms with Gasteiger partial charge in [0.1, 0.15) is 0 Å². The minimum atomic E-state index is -0.0292. The maximum atomic E-state index is 9.20. The molecule has 0 amide bonds. The van der Waals surface area contributed by atoms with E-state index in [-0.39, 0.29) is 6.61 Å². The van der Waals surface area contributed by atoms with Gasteiger partial charge < -0.3 is 5.11 Å². The zero-order chi connectivity index (χ0) is 12.4. The number of hydrogen-bond donors (Lipinski definition) is 1. The van der Waals surface area contributed by atoms with Crippen LogP contribution in [0.1, 0.15) is 17.0 Å². The van der Waals surface area contributed by atoms with Crippen molar-refractivity contribution in [2.24, 2.45) is 0 Å². The smallest absolute Gasteiger partial charge is 0.159 e. The Morgan fingerprint density at radius 3 is 2.06 bits per heavy atom. The van der Waals surface area contributed by atoms with Crippen molar-refractivity contribution in [2.75, 3.05) is 0 Å². The molecule has 0 unspecified atom stereocenters. The molecule has 0 saturated carbocycles. The Kier molecular flexibility index (Phi) is 3.41. The number of rotatable bonds is 2. The summed E-state index contributed by atoms with van der Waals surface area (Å²) >= 11 is 5.84. The third-order valence-electron chi connectivity index (χ3n) is 2.68. The monoisotopic (exact) mass is 248 g/mol. The summed E-state index contributed by atoms with van der Waals surface area (Å²) in [6, 6.07) is 7.39. The van der Waals surface area contributed by atoms with Gasteiger partial charge in [-0.05, 0) is 38.1 Å². The molecule has 0 radical (unpaired) electrons. The van der Waals surface area contributed by atoms with E-state index in [4.69, 9.17) is 11.6 Å². The second-order valence-electron chi connectivity index (χ2n) is 3.86. The van der Waals surface area contributed by atoms with Crippen LogP contribution in [0.4, 0.5) is 0 Å². The van der Waals surface area contributed by atoms with Crippen molar-refractivity contribution in [3.8, 4) is 11.4 Å². The van der Waals surface area contributed by atoms with Gasteiger partial charge in [-0.25, -0.2) is 9.97 Å². The van der Waals surface area contributed by atoms with Crippen molar-refractivity contribution < 1.29 is 5.11 Å². The fraction of sp³-hybridized carbons (Fsp3) is 0.231. The van der Waals surface area contributed by atoms with Crippen LogP contribution in [0.15, 0.2) is 24.3 Å². The zero-order valence-electron chi connectivity index (χ0n) is 9.74. The largest absolute Gasteiger partial charge is 0.392 e. The number of aryl methyl sites for hydroxylation is 2. The van der Waals surface area contributed by atoms with Crippen LogP contribution in [0.2, 0.25) is 5.02 Å². The van der Waals surface area contributed by atoms with Crippen molar-refractivity contribution in [3.63, 3.8) is 0 Å². The zero-order valence-corrected chi connectivity index (χ0v) is 10.5. The lowest BCUT2D eigenvalue weighted by Crippen LogP contribution is -2.02. The molecule has 0 bridgehead atoms. The van der Waals surface area contributed by atoms with Gasteiger partial charge in [-0.15, -0.1) is 0 Å². The van der Waals surface area contributed by atoms with Gasteiger partial charge in [0.25, 0.3) is 0 Å². The number of hydrogen-bond acceptors (Lipinski definition) is 3. The summed E-state index contributed by atoms with van der Waals surface area (Å²) < 4.78 is 0. The summed E-state index contributed by atoms with van der Waals surface area (Å²) in [5, 5.41) is 9.89. The van der Waals surface area contributed by atoms with Crippen LogP contribution >= 0.6 is 11.6 Å². The quantitative estimate of drug-likeness (QED) is 0.889. The number of benzene rings is 1. The first kappa shape index (κ1) is 12.0. The summed E-state index contributed by atoms with van der Waals surface area (Å²) in [6.45, 7) is 3.72. The second kappa shape index (κ2) is 4.82. The molecule has 0 atom stereocenters. The number of aliphatic hydroxyl groups is 1. The molecule has 0 aliphatic rings. The van der Waals surface area contributed by atoms with E-state index in [9.17, 15) is 5.11 Å². The van der Waals surface area contributed by atoms with Crippen LogP contribution in [0.5, 0.6) is 0 Å². The maximum Gasteiger partial charge on any atom is 0.159 e. The Morgan fingerprint density at radius 1 is 1.06 bits per heavy atom. The molecule has 0 saturated heterocycles. The molecule has 0 fully saturated rings. The lowest BCUT2D eigenvalue weighted by molar-refractivity contribution is 0.279. The van der Waals surface area contributed by atoms with Crippen molar-refractivity contribution in [2.45, 2.75) is 20.5 Å². The Hall–Kier alpha value is -1.45. The third-order valence-corrected chi connectivity index (χ3v) is 2.93. The molecule has 1 aromatic carbocycles. The molecule has 1 aromatic heterocycles. The molecule has 88 valence electrons. The van der Waals surface area contributed by atoms with Crippen molar-refractivity contribution >= 4 is 11.6 Å². The predicted octanol–water partition coefficient (Wildman–Crippen LogP) is 2.91. The van der Waals surface area contributed by atoms with E-state index in [1.165, 1.54) is 0 Å². The van der Waals surface area contributed by atoms with Crippen LogP contribution in [-0.2, 0) is 6.61 Å². The van der Waals surface area contributed by atoms with Crippen molar-refractivity contribution in [3.05, 3.63) is 46.2 Å². The molecule has 1 N–H and O–H groups in total. The molecule has 2 rings (SSSR count). The topological polar surface area (TPSA) is 46.0 Å². The summed E-state index contributed by atoms with van der Waals surface area (Å²) in [5.74, 6) is 0.661. The van der Waals surface area contributed by atoms with E-state index in [2.05, 4.69) is 9.97 Å². The molecule has 2 aromatic rings. The first-order valence-corrected chi connectivity index (χ1v) is 5.70. The normalized spacial score (nSPS) is 10.6. The molecule has 4 heteroatoms. The highest BCUT2D eigenvalue weighted by atomic mass is 35.5. The Balaban J connectivity index is 2.50. The Morgan fingerprint density at radius 2 is 1.59 bits per heavy atom. The highest BCUT2D eigenvalue weighted by molar-refractivity contribution is 6.30. The Bertz CT molecular complexity index is 515. The average molecular weight is 249 g/mol. The van der Waals surface area contributed by atoms with Crippen LogP contribution < -0.4 is 0 Å². The Labute approximate surface area is 105 Å². The van der Waals surface area contributed by atoms with E-state index < -0.39 is 0 Å². The van der Waals surface area contributed by atoms with E-state index in [1.807, 2.05) is 38.1 Å². The van der Waals surface area contributed by atoms with Gasteiger partial charge in [-0.1, -0.05) is 11.6 Å². The van der Waals surface area contributed by atoms with Crippen LogP contribution in [0.25, 0.3) is 11.4 Å². The summed E-state index contributed by atoms with van der Waals surface area (Å²) in [5.41, 5.74) is 3.34. The minimum absolute atomic E-state index is 0.0292. The molecular formula is C13H13ClN2O. The van der Waals surface area contributed by atoms with Crippen molar-refractivity contribution in [1.82, 2.24) is 9.97 Å². The standard InChI is InChI=1S/C13H13ClN2O/c1-8-12(7-17)9(2)16-13(15-8)10-3-5-11(14)6-4-10/h3-6,17H,7H2,1-2H3. The molecular weight excluding hydrogens is 236 g/mol. The van der Waals surface area contributed by atoms with Crippen molar-refractivity contribution in [1.29, 1.82) is 0 Å².